The summed E-state index contributed by atoms with van der Waals surface area (Å²) in [5, 5.41) is 3.55. The topological polar surface area (TPSA) is 45.2 Å². The van der Waals surface area contributed by atoms with Crippen molar-refractivity contribution in [2.75, 3.05) is 18.4 Å². The zero-order chi connectivity index (χ0) is 17.8. The van der Waals surface area contributed by atoms with Gasteiger partial charge in [0.15, 0.2) is 5.13 Å². The molecule has 1 fully saturated rings. The van der Waals surface area contributed by atoms with Gasteiger partial charge in [0.25, 0.3) is 5.91 Å². The lowest BCUT2D eigenvalue weighted by Gasteiger charge is -2.14. The van der Waals surface area contributed by atoms with Crippen LogP contribution >= 0.6 is 11.3 Å². The van der Waals surface area contributed by atoms with Crippen molar-refractivity contribution in [3.8, 4) is 10.4 Å². The largest absolute Gasteiger partial charge is 0.299 e. The summed E-state index contributed by atoms with van der Waals surface area (Å²) in [6, 6.07) is 18.0. The first-order valence-corrected chi connectivity index (χ1v) is 9.73. The molecule has 0 bridgehead atoms. The number of nitrogens with zero attached hydrogens (tertiary/aromatic N) is 2. The molecule has 5 heteroatoms. The van der Waals surface area contributed by atoms with E-state index in [2.05, 4.69) is 21.3 Å². The summed E-state index contributed by atoms with van der Waals surface area (Å²) in [6.07, 6.45) is 4.35. The van der Waals surface area contributed by atoms with Crippen LogP contribution in [0, 0.1) is 0 Å². The number of nitrogens with one attached hydrogen (secondary N) is 1. The monoisotopic (exact) mass is 363 g/mol. The third-order valence-corrected chi connectivity index (χ3v) is 5.54. The number of hydrogen-bond donors (Lipinski definition) is 1. The predicted molar refractivity (Wildman–Crippen MR) is 106 cm³/mol. The third-order valence-electron chi connectivity index (χ3n) is 4.58. The van der Waals surface area contributed by atoms with E-state index in [0.717, 1.165) is 30.1 Å². The van der Waals surface area contributed by atoms with E-state index in [1.807, 2.05) is 48.5 Å². The molecule has 1 aromatic heterocycles. The van der Waals surface area contributed by atoms with Gasteiger partial charge in [0, 0.05) is 18.3 Å². The minimum Gasteiger partial charge on any atom is -0.299 e. The number of thiazole rings is 1. The van der Waals surface area contributed by atoms with Crippen molar-refractivity contribution < 1.29 is 4.79 Å². The molecule has 1 aliphatic heterocycles. The number of carbonyl (C=O) groups excluding carboxylic acids is 1. The van der Waals surface area contributed by atoms with Crippen LogP contribution in [0.4, 0.5) is 5.13 Å². The Bertz CT molecular complexity index is 885. The van der Waals surface area contributed by atoms with Crippen LogP contribution in [0.2, 0.25) is 0 Å². The lowest BCUT2D eigenvalue weighted by molar-refractivity contribution is 0.102. The summed E-state index contributed by atoms with van der Waals surface area (Å²) in [7, 11) is 0. The van der Waals surface area contributed by atoms with Crippen LogP contribution in [0.25, 0.3) is 10.4 Å². The number of hydrogen-bond acceptors (Lipinski definition) is 4. The lowest BCUT2D eigenvalue weighted by Crippen LogP contribution is -2.19. The number of anilines is 1. The number of amides is 1. The average Bonchev–Trinajstić information content (AvgIpc) is 3.35. The predicted octanol–water partition coefficient (Wildman–Crippen LogP) is 4.66. The van der Waals surface area contributed by atoms with Crippen LogP contribution in [0.5, 0.6) is 0 Å². The quantitative estimate of drug-likeness (QED) is 0.717. The van der Waals surface area contributed by atoms with Crippen LogP contribution in [0.1, 0.15) is 28.8 Å². The first-order chi connectivity index (χ1) is 12.8. The minimum absolute atomic E-state index is 0.109. The first-order valence-electron chi connectivity index (χ1n) is 8.92. The molecule has 132 valence electrons. The van der Waals surface area contributed by atoms with Gasteiger partial charge in [-0.2, -0.15) is 0 Å². The number of aromatic nitrogens is 1. The number of benzene rings is 2. The molecule has 0 saturated carbocycles. The maximum atomic E-state index is 12.6. The van der Waals surface area contributed by atoms with E-state index < -0.39 is 0 Å². The van der Waals surface area contributed by atoms with Gasteiger partial charge in [-0.1, -0.05) is 53.8 Å². The van der Waals surface area contributed by atoms with Crippen molar-refractivity contribution in [3.63, 3.8) is 0 Å². The second-order valence-electron chi connectivity index (χ2n) is 6.53. The van der Waals surface area contributed by atoms with E-state index >= 15 is 0 Å². The molecule has 26 heavy (non-hydrogen) atoms. The van der Waals surface area contributed by atoms with Crippen molar-refractivity contribution in [2.45, 2.75) is 19.4 Å². The third kappa shape index (κ3) is 4.00. The first kappa shape index (κ1) is 16.9. The summed E-state index contributed by atoms with van der Waals surface area (Å²) in [6.45, 7) is 3.21. The second-order valence-corrected chi connectivity index (χ2v) is 7.56. The number of carbonyl (C=O) groups is 1. The Labute approximate surface area is 157 Å². The summed E-state index contributed by atoms with van der Waals surface area (Å²) in [5.74, 6) is -0.109. The van der Waals surface area contributed by atoms with E-state index in [-0.39, 0.29) is 5.91 Å². The molecule has 0 unspecified atom stereocenters. The zero-order valence-electron chi connectivity index (χ0n) is 14.5. The van der Waals surface area contributed by atoms with Crippen LogP contribution in [0.15, 0.2) is 60.8 Å². The van der Waals surface area contributed by atoms with Gasteiger partial charge < -0.3 is 0 Å². The van der Waals surface area contributed by atoms with Gasteiger partial charge in [0.05, 0.1) is 4.88 Å². The van der Waals surface area contributed by atoms with E-state index in [0.29, 0.717) is 10.7 Å². The van der Waals surface area contributed by atoms with Gasteiger partial charge in [-0.05, 0) is 49.2 Å². The molecule has 0 spiro atoms. The fourth-order valence-electron chi connectivity index (χ4n) is 3.25. The Morgan fingerprint density at radius 2 is 1.88 bits per heavy atom. The van der Waals surface area contributed by atoms with E-state index in [9.17, 15) is 4.79 Å². The smallest absolute Gasteiger partial charge is 0.257 e. The fraction of sp³-hybridized carbons (Fsp3) is 0.238. The van der Waals surface area contributed by atoms with Crippen molar-refractivity contribution in [2.24, 2.45) is 0 Å². The Hall–Kier alpha value is -2.50. The summed E-state index contributed by atoms with van der Waals surface area (Å²) in [5.41, 5.74) is 2.97. The zero-order valence-corrected chi connectivity index (χ0v) is 15.3. The van der Waals surface area contributed by atoms with Crippen LogP contribution in [0.3, 0.4) is 0 Å². The van der Waals surface area contributed by atoms with Crippen LogP contribution in [-0.4, -0.2) is 28.9 Å². The summed E-state index contributed by atoms with van der Waals surface area (Å²) < 4.78 is 0. The molecule has 1 saturated heterocycles. The van der Waals surface area contributed by atoms with Crippen molar-refractivity contribution in [1.82, 2.24) is 9.88 Å². The van der Waals surface area contributed by atoms with E-state index in [1.54, 1.807) is 6.20 Å². The summed E-state index contributed by atoms with van der Waals surface area (Å²) in [4.78, 5) is 20.4. The lowest BCUT2D eigenvalue weighted by atomic mass is 10.1. The van der Waals surface area contributed by atoms with Crippen molar-refractivity contribution in [1.29, 1.82) is 0 Å². The van der Waals surface area contributed by atoms with Crippen LogP contribution < -0.4 is 5.32 Å². The molecule has 0 atom stereocenters. The van der Waals surface area contributed by atoms with Gasteiger partial charge in [-0.25, -0.2) is 4.98 Å². The molecule has 1 N–H and O–H groups in total. The second kappa shape index (κ2) is 7.81. The molecule has 2 aromatic carbocycles. The molecule has 4 nitrogen and oxygen atoms in total. The average molecular weight is 363 g/mol. The Morgan fingerprint density at radius 1 is 1.08 bits per heavy atom. The van der Waals surface area contributed by atoms with Crippen LogP contribution in [-0.2, 0) is 6.54 Å². The molecular formula is C21H21N3OS. The Balaban J connectivity index is 1.44. The Kier molecular flexibility index (Phi) is 5.09. The highest BCUT2D eigenvalue weighted by molar-refractivity contribution is 7.19. The molecule has 4 rings (SSSR count). The highest BCUT2D eigenvalue weighted by Crippen LogP contribution is 2.28. The summed E-state index contributed by atoms with van der Waals surface area (Å²) >= 11 is 1.49. The van der Waals surface area contributed by atoms with Gasteiger partial charge in [0.2, 0.25) is 0 Å². The van der Waals surface area contributed by atoms with Crippen molar-refractivity contribution >= 4 is 22.4 Å². The van der Waals surface area contributed by atoms with Gasteiger partial charge >= 0.3 is 0 Å². The van der Waals surface area contributed by atoms with E-state index in [1.165, 1.54) is 29.7 Å². The fourth-order valence-corrected chi connectivity index (χ4v) is 4.06. The SMILES string of the molecule is O=C(Nc1ncc(-c2ccccc2)s1)c1cccc(CN2CCCC2)c1. The highest BCUT2D eigenvalue weighted by Gasteiger charge is 2.14. The van der Waals surface area contributed by atoms with E-state index in [4.69, 9.17) is 0 Å². The van der Waals surface area contributed by atoms with Gasteiger partial charge in [0.1, 0.15) is 0 Å². The van der Waals surface area contributed by atoms with Crippen molar-refractivity contribution in [3.05, 3.63) is 71.9 Å². The molecule has 2 heterocycles. The molecule has 1 amide bonds. The molecule has 0 radical (unpaired) electrons. The molecule has 3 aromatic rings. The molecule has 0 aliphatic carbocycles. The molecular weight excluding hydrogens is 342 g/mol. The maximum absolute atomic E-state index is 12.6. The standard InChI is InChI=1S/C21H21N3OS/c25-20(18-10-6-7-16(13-18)15-24-11-4-5-12-24)23-21-22-14-19(26-21)17-8-2-1-3-9-17/h1-3,6-10,13-14H,4-5,11-12,15H2,(H,22,23,25). The normalized spacial score (nSPS) is 14.5. The van der Waals surface area contributed by atoms with Gasteiger partial charge in [-0.3, -0.25) is 15.0 Å². The minimum atomic E-state index is -0.109. The number of rotatable bonds is 5. The Morgan fingerprint density at radius 3 is 2.69 bits per heavy atom. The molecule has 1 aliphatic rings. The highest BCUT2D eigenvalue weighted by atomic mass is 32.1. The van der Waals surface area contributed by atoms with Gasteiger partial charge in [-0.15, -0.1) is 0 Å². The number of likely N-dealkylation sites (tertiary alicyclic amines) is 1. The maximum Gasteiger partial charge on any atom is 0.257 e.